The highest BCUT2D eigenvalue weighted by atomic mass is 16.5. The van der Waals surface area contributed by atoms with Crippen molar-refractivity contribution in [2.45, 2.75) is 19.6 Å². The predicted octanol–water partition coefficient (Wildman–Crippen LogP) is 2.99. The van der Waals surface area contributed by atoms with Gasteiger partial charge < -0.3 is 15.6 Å². The molecule has 0 fully saturated rings. The van der Waals surface area contributed by atoms with Gasteiger partial charge in [0.2, 0.25) is 0 Å². The zero-order valence-electron chi connectivity index (χ0n) is 10.3. The summed E-state index contributed by atoms with van der Waals surface area (Å²) in [6, 6.07) is 15.1. The van der Waals surface area contributed by atoms with Crippen LogP contribution in [0.4, 0.5) is 0 Å². The van der Waals surface area contributed by atoms with Crippen LogP contribution in [0.15, 0.2) is 48.5 Å². The maximum Gasteiger partial charge on any atom is 0.132 e. The molecule has 2 rings (SSSR count). The third kappa shape index (κ3) is 2.88. The fourth-order valence-electron chi connectivity index (χ4n) is 1.70. The maximum absolute atomic E-state index is 9.22. The Morgan fingerprint density at radius 1 is 1.11 bits per heavy atom. The molecule has 94 valence electrons. The van der Waals surface area contributed by atoms with Gasteiger partial charge in [-0.15, -0.1) is 0 Å². The molecule has 0 saturated carbocycles. The smallest absolute Gasteiger partial charge is 0.132 e. The van der Waals surface area contributed by atoms with Gasteiger partial charge in [-0.3, -0.25) is 0 Å². The van der Waals surface area contributed by atoms with Gasteiger partial charge in [0.25, 0.3) is 0 Å². The lowest BCUT2D eigenvalue weighted by atomic mass is 10.1. The Balaban J connectivity index is 2.18. The van der Waals surface area contributed by atoms with E-state index in [2.05, 4.69) is 0 Å². The molecule has 0 aliphatic rings. The summed E-state index contributed by atoms with van der Waals surface area (Å²) < 4.78 is 5.73. The molecule has 0 amide bonds. The first-order valence-electron chi connectivity index (χ1n) is 5.93. The number of rotatable bonds is 4. The van der Waals surface area contributed by atoms with Gasteiger partial charge in [0, 0.05) is 11.6 Å². The molecule has 3 nitrogen and oxygen atoms in total. The highest BCUT2D eigenvalue weighted by Gasteiger charge is 2.04. The van der Waals surface area contributed by atoms with Crippen LogP contribution in [0.3, 0.4) is 0 Å². The van der Waals surface area contributed by atoms with E-state index in [1.807, 2.05) is 55.5 Å². The van der Waals surface area contributed by atoms with Gasteiger partial charge in [0.15, 0.2) is 0 Å². The van der Waals surface area contributed by atoms with Gasteiger partial charge in [-0.25, -0.2) is 0 Å². The number of hydrogen-bond acceptors (Lipinski definition) is 3. The SMILES string of the molecule is C[C@@H](N)c1ccc(Oc2ccccc2CO)cc1. The predicted molar refractivity (Wildman–Crippen MR) is 71.5 cm³/mol. The number of aliphatic hydroxyl groups excluding tert-OH is 1. The quantitative estimate of drug-likeness (QED) is 0.868. The Morgan fingerprint density at radius 3 is 2.39 bits per heavy atom. The molecular weight excluding hydrogens is 226 g/mol. The van der Waals surface area contributed by atoms with Crippen molar-refractivity contribution in [3.05, 3.63) is 59.7 Å². The second-order valence-electron chi connectivity index (χ2n) is 4.23. The number of hydrogen-bond donors (Lipinski definition) is 2. The molecule has 0 radical (unpaired) electrons. The zero-order chi connectivity index (χ0) is 13.0. The highest BCUT2D eigenvalue weighted by molar-refractivity contribution is 5.38. The van der Waals surface area contributed by atoms with Gasteiger partial charge in [0.1, 0.15) is 11.5 Å². The van der Waals surface area contributed by atoms with Crippen molar-refractivity contribution < 1.29 is 9.84 Å². The van der Waals surface area contributed by atoms with Crippen molar-refractivity contribution in [1.29, 1.82) is 0 Å². The summed E-state index contributed by atoms with van der Waals surface area (Å²) in [6.07, 6.45) is 0. The van der Waals surface area contributed by atoms with Crippen molar-refractivity contribution in [3.8, 4) is 11.5 Å². The van der Waals surface area contributed by atoms with Crippen LogP contribution >= 0.6 is 0 Å². The normalized spacial score (nSPS) is 12.2. The number of nitrogens with two attached hydrogens (primary N) is 1. The molecule has 3 N–H and O–H groups in total. The van der Waals surface area contributed by atoms with E-state index >= 15 is 0 Å². The minimum Gasteiger partial charge on any atom is -0.457 e. The molecule has 2 aromatic rings. The Morgan fingerprint density at radius 2 is 1.78 bits per heavy atom. The molecule has 0 aliphatic heterocycles. The first-order valence-corrected chi connectivity index (χ1v) is 5.93. The third-order valence-electron chi connectivity index (χ3n) is 2.78. The molecule has 0 unspecified atom stereocenters. The van der Waals surface area contributed by atoms with E-state index in [-0.39, 0.29) is 12.6 Å². The van der Waals surface area contributed by atoms with E-state index in [0.29, 0.717) is 5.75 Å². The van der Waals surface area contributed by atoms with Crippen LogP contribution in [-0.4, -0.2) is 5.11 Å². The summed E-state index contributed by atoms with van der Waals surface area (Å²) in [4.78, 5) is 0. The minimum atomic E-state index is -0.0336. The number of aliphatic hydroxyl groups is 1. The van der Waals surface area contributed by atoms with Gasteiger partial charge >= 0.3 is 0 Å². The summed E-state index contributed by atoms with van der Waals surface area (Å²) in [5.74, 6) is 1.41. The average Bonchev–Trinajstić information content (AvgIpc) is 2.40. The molecule has 0 bridgehead atoms. The Labute approximate surface area is 107 Å². The summed E-state index contributed by atoms with van der Waals surface area (Å²) >= 11 is 0. The topological polar surface area (TPSA) is 55.5 Å². The van der Waals surface area contributed by atoms with Crippen molar-refractivity contribution in [1.82, 2.24) is 0 Å². The molecule has 0 heterocycles. The first kappa shape index (κ1) is 12.6. The monoisotopic (exact) mass is 243 g/mol. The third-order valence-corrected chi connectivity index (χ3v) is 2.78. The molecule has 0 spiro atoms. The molecule has 0 saturated heterocycles. The lowest BCUT2D eigenvalue weighted by molar-refractivity contribution is 0.276. The van der Waals surface area contributed by atoms with E-state index < -0.39 is 0 Å². The van der Waals surface area contributed by atoms with Crippen LogP contribution in [0.25, 0.3) is 0 Å². The fraction of sp³-hybridized carbons (Fsp3) is 0.200. The Kier molecular flexibility index (Phi) is 3.97. The van der Waals surface area contributed by atoms with E-state index in [9.17, 15) is 5.11 Å². The van der Waals surface area contributed by atoms with Crippen molar-refractivity contribution in [3.63, 3.8) is 0 Å². The van der Waals surface area contributed by atoms with Gasteiger partial charge in [-0.05, 0) is 30.7 Å². The van der Waals surface area contributed by atoms with Gasteiger partial charge in [-0.2, -0.15) is 0 Å². The number of ether oxygens (including phenoxy) is 1. The van der Waals surface area contributed by atoms with Crippen LogP contribution < -0.4 is 10.5 Å². The highest BCUT2D eigenvalue weighted by Crippen LogP contribution is 2.26. The van der Waals surface area contributed by atoms with Crippen LogP contribution in [0, 0.1) is 0 Å². The van der Waals surface area contributed by atoms with Crippen molar-refractivity contribution in [2.75, 3.05) is 0 Å². The molecule has 1 atom stereocenters. The van der Waals surface area contributed by atoms with Crippen LogP contribution in [0.1, 0.15) is 24.1 Å². The van der Waals surface area contributed by atoms with E-state index in [1.165, 1.54) is 0 Å². The summed E-state index contributed by atoms with van der Waals surface area (Å²) in [5.41, 5.74) is 7.63. The second-order valence-corrected chi connectivity index (χ2v) is 4.23. The summed E-state index contributed by atoms with van der Waals surface area (Å²) in [7, 11) is 0. The van der Waals surface area contributed by atoms with Crippen LogP contribution in [-0.2, 0) is 6.61 Å². The fourth-order valence-corrected chi connectivity index (χ4v) is 1.70. The van der Waals surface area contributed by atoms with Crippen LogP contribution in [0.2, 0.25) is 0 Å². The van der Waals surface area contributed by atoms with Gasteiger partial charge in [0.05, 0.1) is 6.61 Å². The first-order chi connectivity index (χ1) is 8.70. The molecule has 3 heteroatoms. The molecular formula is C15H17NO2. The second kappa shape index (κ2) is 5.67. The molecule has 0 aromatic heterocycles. The number of para-hydroxylation sites is 1. The summed E-state index contributed by atoms with van der Waals surface area (Å²) in [6.45, 7) is 1.91. The standard InChI is InChI=1S/C15H17NO2/c1-11(16)12-6-8-14(9-7-12)18-15-5-3-2-4-13(15)10-17/h2-9,11,17H,10,16H2,1H3/t11-/m1/s1. The Bertz CT molecular complexity index is 506. The molecule has 18 heavy (non-hydrogen) atoms. The van der Waals surface area contributed by atoms with E-state index in [1.54, 1.807) is 0 Å². The van der Waals surface area contributed by atoms with Gasteiger partial charge in [-0.1, -0.05) is 30.3 Å². The lowest BCUT2D eigenvalue weighted by Gasteiger charge is -2.11. The van der Waals surface area contributed by atoms with E-state index in [4.69, 9.17) is 10.5 Å². The lowest BCUT2D eigenvalue weighted by Crippen LogP contribution is -2.04. The van der Waals surface area contributed by atoms with E-state index in [0.717, 1.165) is 16.9 Å². The molecule has 2 aromatic carbocycles. The Hall–Kier alpha value is -1.84. The zero-order valence-corrected chi connectivity index (χ0v) is 10.3. The largest absolute Gasteiger partial charge is 0.457 e. The number of benzene rings is 2. The average molecular weight is 243 g/mol. The molecule has 0 aliphatic carbocycles. The van der Waals surface area contributed by atoms with Crippen molar-refractivity contribution in [2.24, 2.45) is 5.73 Å². The summed E-state index contributed by atoms with van der Waals surface area (Å²) in [5, 5.41) is 9.22. The van der Waals surface area contributed by atoms with Crippen molar-refractivity contribution >= 4 is 0 Å². The van der Waals surface area contributed by atoms with Crippen LogP contribution in [0.5, 0.6) is 11.5 Å². The minimum absolute atomic E-state index is 0.0174. The maximum atomic E-state index is 9.22.